The first kappa shape index (κ1) is 12.9. The number of hydrogen-bond acceptors (Lipinski definition) is 1. The predicted molar refractivity (Wildman–Crippen MR) is 74.5 cm³/mol. The molecule has 0 aromatic heterocycles. The maximum Gasteiger partial charge on any atom is 0.0406 e. The molecule has 1 unspecified atom stereocenters. The van der Waals surface area contributed by atoms with Crippen LogP contribution < -0.4 is 5.32 Å². The van der Waals surface area contributed by atoms with Gasteiger partial charge in [0.05, 0.1) is 0 Å². The SMILES string of the molecule is CC(C)C(CNC1CC1)Cc1ccc(Cl)cc1. The minimum Gasteiger partial charge on any atom is -0.314 e. The zero-order chi connectivity index (χ0) is 12.3. The van der Waals surface area contributed by atoms with Crippen molar-refractivity contribution in [1.29, 1.82) is 0 Å². The lowest BCUT2D eigenvalue weighted by Gasteiger charge is -2.21. The summed E-state index contributed by atoms with van der Waals surface area (Å²) >= 11 is 5.91. The van der Waals surface area contributed by atoms with Gasteiger partial charge in [-0.2, -0.15) is 0 Å². The summed E-state index contributed by atoms with van der Waals surface area (Å²) in [5.41, 5.74) is 1.39. The third-order valence-electron chi connectivity index (χ3n) is 3.60. The standard InChI is InChI=1S/C15H22ClN/c1-11(2)13(10-17-15-7-8-15)9-12-3-5-14(16)6-4-12/h3-6,11,13,15,17H,7-10H2,1-2H3. The molecule has 1 atom stereocenters. The quantitative estimate of drug-likeness (QED) is 0.809. The Kier molecular flexibility index (Phi) is 4.47. The molecule has 1 aromatic carbocycles. The average molecular weight is 252 g/mol. The van der Waals surface area contributed by atoms with Crippen LogP contribution >= 0.6 is 11.6 Å². The van der Waals surface area contributed by atoms with Crippen molar-refractivity contribution in [1.82, 2.24) is 5.32 Å². The Morgan fingerprint density at radius 1 is 1.24 bits per heavy atom. The number of hydrogen-bond donors (Lipinski definition) is 1. The van der Waals surface area contributed by atoms with Crippen LogP contribution in [0.4, 0.5) is 0 Å². The fraction of sp³-hybridized carbons (Fsp3) is 0.600. The molecule has 1 aliphatic rings. The van der Waals surface area contributed by atoms with Gasteiger partial charge in [0.15, 0.2) is 0 Å². The number of halogens is 1. The normalized spacial score (nSPS) is 17.4. The summed E-state index contributed by atoms with van der Waals surface area (Å²) in [6, 6.07) is 9.08. The fourth-order valence-corrected chi connectivity index (χ4v) is 2.20. The van der Waals surface area contributed by atoms with E-state index in [-0.39, 0.29) is 0 Å². The van der Waals surface area contributed by atoms with Gasteiger partial charge in [0.25, 0.3) is 0 Å². The molecule has 1 saturated carbocycles. The number of rotatable bonds is 6. The number of nitrogens with one attached hydrogen (secondary N) is 1. The molecule has 0 saturated heterocycles. The van der Waals surface area contributed by atoms with Crippen molar-refractivity contribution in [3.05, 3.63) is 34.9 Å². The van der Waals surface area contributed by atoms with Crippen LogP contribution in [0.2, 0.25) is 5.02 Å². The highest BCUT2D eigenvalue weighted by Gasteiger charge is 2.23. The van der Waals surface area contributed by atoms with Gasteiger partial charge >= 0.3 is 0 Å². The lowest BCUT2D eigenvalue weighted by Crippen LogP contribution is -2.29. The molecule has 1 N–H and O–H groups in total. The van der Waals surface area contributed by atoms with Gasteiger partial charge in [-0.1, -0.05) is 37.6 Å². The Hall–Kier alpha value is -0.530. The molecule has 0 radical (unpaired) electrons. The molecule has 17 heavy (non-hydrogen) atoms. The highest BCUT2D eigenvalue weighted by atomic mass is 35.5. The molecular formula is C15H22ClN. The summed E-state index contributed by atoms with van der Waals surface area (Å²) in [4.78, 5) is 0. The van der Waals surface area contributed by atoms with Crippen LogP contribution in [0.3, 0.4) is 0 Å². The van der Waals surface area contributed by atoms with Crippen molar-refractivity contribution in [2.75, 3.05) is 6.54 Å². The van der Waals surface area contributed by atoms with Gasteiger partial charge in [-0.05, 0) is 55.3 Å². The molecule has 2 rings (SSSR count). The molecule has 0 amide bonds. The van der Waals surface area contributed by atoms with E-state index in [0.29, 0.717) is 0 Å². The van der Waals surface area contributed by atoms with Crippen LogP contribution in [0, 0.1) is 11.8 Å². The first-order valence-electron chi connectivity index (χ1n) is 6.63. The molecular weight excluding hydrogens is 230 g/mol. The van der Waals surface area contributed by atoms with Crippen LogP contribution in [0.1, 0.15) is 32.3 Å². The van der Waals surface area contributed by atoms with Crippen LogP contribution in [0.5, 0.6) is 0 Å². The Balaban J connectivity index is 1.88. The van der Waals surface area contributed by atoms with Crippen LogP contribution in [0.15, 0.2) is 24.3 Å². The molecule has 1 aromatic rings. The van der Waals surface area contributed by atoms with E-state index in [1.807, 2.05) is 12.1 Å². The first-order valence-corrected chi connectivity index (χ1v) is 7.01. The lowest BCUT2D eigenvalue weighted by molar-refractivity contribution is 0.359. The van der Waals surface area contributed by atoms with E-state index in [1.165, 1.54) is 18.4 Å². The summed E-state index contributed by atoms with van der Waals surface area (Å²) in [6.45, 7) is 5.77. The zero-order valence-electron chi connectivity index (χ0n) is 10.7. The summed E-state index contributed by atoms with van der Waals surface area (Å²) in [6.07, 6.45) is 3.88. The van der Waals surface area contributed by atoms with Crippen molar-refractivity contribution in [2.45, 2.75) is 39.2 Å². The van der Waals surface area contributed by atoms with E-state index < -0.39 is 0 Å². The van der Waals surface area contributed by atoms with E-state index in [9.17, 15) is 0 Å². The predicted octanol–water partition coefficient (Wildman–Crippen LogP) is 3.91. The van der Waals surface area contributed by atoms with Crippen molar-refractivity contribution in [2.24, 2.45) is 11.8 Å². The highest BCUT2D eigenvalue weighted by Crippen LogP contribution is 2.22. The van der Waals surface area contributed by atoms with Crippen molar-refractivity contribution in [3.8, 4) is 0 Å². The van der Waals surface area contributed by atoms with Gasteiger partial charge in [0.2, 0.25) is 0 Å². The summed E-state index contributed by atoms with van der Waals surface area (Å²) < 4.78 is 0. The Labute approximate surface area is 110 Å². The minimum absolute atomic E-state index is 0.719. The van der Waals surface area contributed by atoms with Gasteiger partial charge in [-0.25, -0.2) is 0 Å². The average Bonchev–Trinajstić information content (AvgIpc) is 3.10. The van der Waals surface area contributed by atoms with E-state index in [4.69, 9.17) is 11.6 Å². The summed E-state index contributed by atoms with van der Waals surface area (Å²) in [7, 11) is 0. The summed E-state index contributed by atoms with van der Waals surface area (Å²) in [5.74, 6) is 1.44. The van der Waals surface area contributed by atoms with Crippen molar-refractivity contribution < 1.29 is 0 Å². The molecule has 1 fully saturated rings. The van der Waals surface area contributed by atoms with Gasteiger partial charge < -0.3 is 5.32 Å². The third kappa shape index (κ3) is 4.33. The van der Waals surface area contributed by atoms with Crippen molar-refractivity contribution in [3.63, 3.8) is 0 Å². The largest absolute Gasteiger partial charge is 0.314 e. The highest BCUT2D eigenvalue weighted by molar-refractivity contribution is 6.30. The molecule has 1 nitrogen and oxygen atoms in total. The van der Waals surface area contributed by atoms with E-state index in [2.05, 4.69) is 31.3 Å². The van der Waals surface area contributed by atoms with E-state index in [0.717, 1.165) is 35.9 Å². The second-order valence-electron chi connectivity index (χ2n) is 5.52. The van der Waals surface area contributed by atoms with E-state index in [1.54, 1.807) is 0 Å². The van der Waals surface area contributed by atoms with Gasteiger partial charge in [-0.3, -0.25) is 0 Å². The molecule has 1 aliphatic carbocycles. The summed E-state index contributed by atoms with van der Waals surface area (Å²) in [5, 5.41) is 4.47. The minimum atomic E-state index is 0.719. The molecule has 0 aliphatic heterocycles. The van der Waals surface area contributed by atoms with Gasteiger partial charge in [0, 0.05) is 11.1 Å². The van der Waals surface area contributed by atoms with Crippen LogP contribution in [0.25, 0.3) is 0 Å². The Morgan fingerprint density at radius 2 is 1.88 bits per heavy atom. The Morgan fingerprint density at radius 3 is 2.41 bits per heavy atom. The zero-order valence-corrected chi connectivity index (χ0v) is 11.5. The van der Waals surface area contributed by atoms with Crippen LogP contribution in [-0.2, 0) is 6.42 Å². The molecule has 0 heterocycles. The Bertz CT molecular complexity index is 340. The second kappa shape index (κ2) is 5.88. The monoisotopic (exact) mass is 251 g/mol. The number of benzene rings is 1. The smallest absolute Gasteiger partial charge is 0.0406 e. The topological polar surface area (TPSA) is 12.0 Å². The van der Waals surface area contributed by atoms with Crippen LogP contribution in [-0.4, -0.2) is 12.6 Å². The molecule has 0 bridgehead atoms. The second-order valence-corrected chi connectivity index (χ2v) is 5.95. The van der Waals surface area contributed by atoms with E-state index >= 15 is 0 Å². The maximum absolute atomic E-state index is 5.91. The third-order valence-corrected chi connectivity index (χ3v) is 3.85. The first-order chi connectivity index (χ1) is 8.15. The fourth-order valence-electron chi connectivity index (χ4n) is 2.07. The van der Waals surface area contributed by atoms with Gasteiger partial charge in [-0.15, -0.1) is 0 Å². The molecule has 2 heteroatoms. The van der Waals surface area contributed by atoms with Crippen molar-refractivity contribution >= 4 is 11.6 Å². The maximum atomic E-state index is 5.91. The lowest BCUT2D eigenvalue weighted by atomic mass is 9.89. The molecule has 0 spiro atoms. The van der Waals surface area contributed by atoms with Gasteiger partial charge in [0.1, 0.15) is 0 Å². The molecule has 94 valence electrons.